The Morgan fingerprint density at radius 2 is 2.19 bits per heavy atom. The summed E-state index contributed by atoms with van der Waals surface area (Å²) < 4.78 is 16.7. The molecule has 6 heteroatoms. The minimum atomic E-state index is -1.10. The molecule has 2 heterocycles. The van der Waals surface area contributed by atoms with Gasteiger partial charge < -0.3 is 19.3 Å². The van der Waals surface area contributed by atoms with E-state index in [2.05, 4.69) is 11.3 Å². The van der Waals surface area contributed by atoms with E-state index in [1.807, 2.05) is 0 Å². The van der Waals surface area contributed by atoms with Crippen LogP contribution in [0, 0.1) is 11.3 Å². The molecule has 2 aliphatic rings. The van der Waals surface area contributed by atoms with Crippen molar-refractivity contribution in [1.82, 2.24) is 0 Å². The molecule has 4 nitrogen and oxygen atoms in total. The monoisotopic (exact) mass is 242 g/mol. The van der Waals surface area contributed by atoms with Crippen molar-refractivity contribution in [3.8, 4) is 11.3 Å². The highest BCUT2D eigenvalue weighted by molar-refractivity contribution is 6.30. The Hall–Kier alpha value is -0.245. The standard InChI is InChI=1S/C10H12BClO4/c1-9(2)15-7-6(5-13)14-8(11)10(7,16-9)3-4-12/h6-8,13H,5H2,1-2H3/t6-,7?,8-,10-/m1/s1. The first-order valence-electron chi connectivity index (χ1n) is 4.98. The third-order valence-electron chi connectivity index (χ3n) is 2.75. The van der Waals surface area contributed by atoms with Crippen LogP contribution in [0.5, 0.6) is 0 Å². The third kappa shape index (κ3) is 1.66. The Bertz CT molecular complexity index is 350. The van der Waals surface area contributed by atoms with E-state index in [-0.39, 0.29) is 6.61 Å². The van der Waals surface area contributed by atoms with Crippen molar-refractivity contribution in [2.75, 3.05) is 6.61 Å². The van der Waals surface area contributed by atoms with Gasteiger partial charge in [-0.1, -0.05) is 0 Å². The molecule has 2 aliphatic heterocycles. The molecule has 0 aromatic rings. The minimum absolute atomic E-state index is 0.205. The maximum atomic E-state index is 9.19. The molecule has 1 unspecified atom stereocenters. The highest BCUT2D eigenvalue weighted by Gasteiger charge is 2.63. The molecule has 0 saturated carbocycles. The second-order valence-electron chi connectivity index (χ2n) is 4.33. The summed E-state index contributed by atoms with van der Waals surface area (Å²) >= 11 is 5.42. The van der Waals surface area contributed by atoms with Crippen LogP contribution in [0.4, 0.5) is 0 Å². The molecule has 0 bridgehead atoms. The largest absolute Gasteiger partial charge is 0.394 e. The molecule has 0 amide bonds. The Labute approximate surface area is 101 Å². The van der Waals surface area contributed by atoms with E-state index < -0.39 is 29.6 Å². The van der Waals surface area contributed by atoms with Gasteiger partial charge in [0.2, 0.25) is 0 Å². The van der Waals surface area contributed by atoms with Crippen LogP contribution in [0.1, 0.15) is 13.8 Å². The molecule has 0 aromatic heterocycles. The molecule has 0 aromatic carbocycles. The lowest BCUT2D eigenvalue weighted by Crippen LogP contribution is -2.46. The summed E-state index contributed by atoms with van der Waals surface area (Å²) in [4.78, 5) is 0. The maximum absolute atomic E-state index is 9.19. The van der Waals surface area contributed by atoms with E-state index in [0.29, 0.717) is 0 Å². The number of hydrogen-bond acceptors (Lipinski definition) is 4. The van der Waals surface area contributed by atoms with Gasteiger partial charge in [0.25, 0.3) is 0 Å². The molecular weight excluding hydrogens is 230 g/mol. The Morgan fingerprint density at radius 1 is 1.50 bits per heavy atom. The number of aliphatic hydroxyl groups excluding tert-OH is 1. The summed E-state index contributed by atoms with van der Waals surface area (Å²) in [6.07, 6.45) is -1.08. The molecule has 16 heavy (non-hydrogen) atoms. The van der Waals surface area contributed by atoms with Gasteiger partial charge in [0.1, 0.15) is 20.1 Å². The fraction of sp³-hybridized carbons (Fsp3) is 0.800. The second kappa shape index (κ2) is 3.90. The Morgan fingerprint density at radius 3 is 2.75 bits per heavy atom. The molecule has 86 valence electrons. The molecular formula is C10H12BClO4. The van der Waals surface area contributed by atoms with Crippen molar-refractivity contribution < 1.29 is 19.3 Å². The predicted molar refractivity (Wildman–Crippen MR) is 57.9 cm³/mol. The lowest BCUT2D eigenvalue weighted by atomic mass is 9.81. The Balaban J connectivity index is 2.38. The van der Waals surface area contributed by atoms with Crippen molar-refractivity contribution in [1.29, 1.82) is 0 Å². The van der Waals surface area contributed by atoms with Crippen LogP contribution in [0.25, 0.3) is 0 Å². The van der Waals surface area contributed by atoms with Crippen molar-refractivity contribution in [2.24, 2.45) is 0 Å². The molecule has 0 spiro atoms. The molecule has 2 saturated heterocycles. The van der Waals surface area contributed by atoms with Crippen LogP contribution in [0.3, 0.4) is 0 Å². The van der Waals surface area contributed by atoms with Crippen LogP contribution in [-0.4, -0.2) is 49.2 Å². The Kier molecular flexibility index (Phi) is 2.98. The van der Waals surface area contributed by atoms with Gasteiger partial charge in [-0.3, -0.25) is 0 Å². The number of rotatable bonds is 1. The highest BCUT2D eigenvalue weighted by atomic mass is 35.5. The lowest BCUT2D eigenvalue weighted by Gasteiger charge is -2.26. The second-order valence-corrected chi connectivity index (χ2v) is 4.52. The molecule has 2 radical (unpaired) electrons. The number of fused-ring (bicyclic) bond motifs is 1. The smallest absolute Gasteiger partial charge is 0.179 e. The maximum Gasteiger partial charge on any atom is 0.179 e. The highest BCUT2D eigenvalue weighted by Crippen LogP contribution is 2.45. The van der Waals surface area contributed by atoms with Crippen LogP contribution < -0.4 is 0 Å². The van der Waals surface area contributed by atoms with Gasteiger partial charge in [-0.15, -0.1) is 0 Å². The minimum Gasteiger partial charge on any atom is -0.394 e. The van der Waals surface area contributed by atoms with Crippen molar-refractivity contribution in [3.63, 3.8) is 0 Å². The van der Waals surface area contributed by atoms with E-state index in [4.69, 9.17) is 33.7 Å². The summed E-state index contributed by atoms with van der Waals surface area (Å²) in [6, 6.07) is -0.789. The normalized spacial score (nSPS) is 44.9. The van der Waals surface area contributed by atoms with Gasteiger partial charge in [-0.25, -0.2) is 0 Å². The van der Waals surface area contributed by atoms with E-state index in [0.717, 1.165) is 0 Å². The van der Waals surface area contributed by atoms with Crippen LogP contribution in [0.15, 0.2) is 0 Å². The van der Waals surface area contributed by atoms with Gasteiger partial charge >= 0.3 is 0 Å². The summed E-state index contributed by atoms with van der Waals surface area (Å²) in [5.41, 5.74) is -1.10. The van der Waals surface area contributed by atoms with Crippen molar-refractivity contribution in [2.45, 2.75) is 43.4 Å². The van der Waals surface area contributed by atoms with Gasteiger partial charge in [0, 0.05) is 5.38 Å². The summed E-state index contributed by atoms with van der Waals surface area (Å²) in [5, 5.41) is 11.4. The number of aliphatic hydroxyl groups is 1. The van der Waals surface area contributed by atoms with Crippen LogP contribution in [0.2, 0.25) is 0 Å². The fourth-order valence-corrected chi connectivity index (χ4v) is 2.34. The van der Waals surface area contributed by atoms with E-state index in [1.54, 1.807) is 13.8 Å². The zero-order valence-electron chi connectivity index (χ0n) is 9.07. The summed E-state index contributed by atoms with van der Waals surface area (Å²) in [5.74, 6) is 1.88. The van der Waals surface area contributed by atoms with Gasteiger partial charge in [0.05, 0.1) is 12.6 Å². The van der Waals surface area contributed by atoms with Gasteiger partial charge in [-0.05, 0) is 31.4 Å². The molecule has 0 aliphatic carbocycles. The van der Waals surface area contributed by atoms with E-state index in [9.17, 15) is 5.11 Å². The fourth-order valence-electron chi connectivity index (χ4n) is 2.20. The molecule has 1 N–H and O–H groups in total. The molecule has 2 rings (SSSR count). The molecule has 2 fully saturated rings. The van der Waals surface area contributed by atoms with E-state index in [1.165, 1.54) is 0 Å². The predicted octanol–water partition coefficient (Wildman–Crippen LogP) is -0.0379. The summed E-state index contributed by atoms with van der Waals surface area (Å²) in [7, 11) is 5.83. The van der Waals surface area contributed by atoms with E-state index >= 15 is 0 Å². The topological polar surface area (TPSA) is 47.9 Å². The molecule has 4 atom stereocenters. The number of halogens is 1. The summed E-state index contributed by atoms with van der Waals surface area (Å²) in [6.45, 7) is 3.30. The average Bonchev–Trinajstić information content (AvgIpc) is 2.58. The van der Waals surface area contributed by atoms with Crippen molar-refractivity contribution >= 4 is 19.4 Å². The van der Waals surface area contributed by atoms with Gasteiger partial charge in [0.15, 0.2) is 11.4 Å². The quantitative estimate of drug-likeness (QED) is 0.518. The zero-order valence-corrected chi connectivity index (χ0v) is 9.82. The van der Waals surface area contributed by atoms with Gasteiger partial charge in [-0.2, -0.15) is 0 Å². The first-order chi connectivity index (χ1) is 7.45. The lowest BCUT2D eigenvalue weighted by molar-refractivity contribution is -0.189. The third-order valence-corrected chi connectivity index (χ3v) is 2.85. The number of hydrogen-bond donors (Lipinski definition) is 1. The van der Waals surface area contributed by atoms with Crippen LogP contribution in [-0.2, 0) is 14.2 Å². The average molecular weight is 242 g/mol. The first kappa shape index (κ1) is 12.2. The van der Waals surface area contributed by atoms with Crippen LogP contribution >= 0.6 is 11.6 Å². The SMILES string of the molecule is [B][C@@H]1O[C@H](CO)C2OC(C)(C)O[C@]21C#CCl. The van der Waals surface area contributed by atoms with Crippen molar-refractivity contribution in [3.05, 3.63) is 0 Å². The number of ether oxygens (including phenoxy) is 3. The zero-order chi connectivity index (χ0) is 12.0. The first-order valence-corrected chi connectivity index (χ1v) is 5.35.